The molecule has 0 atom stereocenters. The van der Waals surface area contributed by atoms with E-state index in [9.17, 15) is 4.79 Å². The molecule has 0 saturated carbocycles. The van der Waals surface area contributed by atoms with E-state index in [1.807, 2.05) is 6.26 Å². The Hall–Kier alpha value is -2.75. The van der Waals surface area contributed by atoms with Crippen LogP contribution < -0.4 is 5.56 Å². The zero-order valence-electron chi connectivity index (χ0n) is 12.6. The van der Waals surface area contributed by atoms with Crippen LogP contribution in [-0.2, 0) is 0 Å². The number of thioether (sulfide) groups is 1. The standard InChI is InChI=1S/C13H12N8OS/c1-6-9-8(21-11(14-6)16-13(19-21)23-3)4-5-20(10(9)22)12-15-7(2)17-18-12/h4-5H,1-3H3,(H,15,17,18). The number of fused-ring (bicyclic) bond motifs is 3. The number of nitrogens with zero attached hydrogens (tertiary/aromatic N) is 7. The molecule has 0 aliphatic heterocycles. The molecule has 0 amide bonds. The van der Waals surface area contributed by atoms with Crippen LogP contribution in [-0.4, -0.2) is 45.6 Å². The Bertz CT molecular complexity index is 1110. The van der Waals surface area contributed by atoms with Crippen LogP contribution in [0.5, 0.6) is 0 Å². The smallest absolute Gasteiger partial charge is 0.268 e. The van der Waals surface area contributed by atoms with E-state index in [-0.39, 0.29) is 5.56 Å². The highest BCUT2D eigenvalue weighted by Gasteiger charge is 2.16. The Morgan fingerprint density at radius 1 is 1.22 bits per heavy atom. The topological polar surface area (TPSA) is 107 Å². The van der Waals surface area contributed by atoms with Crippen molar-refractivity contribution in [2.45, 2.75) is 19.0 Å². The second-order valence-corrected chi connectivity index (χ2v) is 5.75. The molecule has 0 spiro atoms. The lowest BCUT2D eigenvalue weighted by atomic mass is 10.2. The number of hydrogen-bond acceptors (Lipinski definition) is 7. The van der Waals surface area contributed by atoms with Crippen LogP contribution in [0.15, 0.2) is 22.2 Å². The number of aryl methyl sites for hydroxylation is 2. The lowest BCUT2D eigenvalue weighted by Gasteiger charge is -2.06. The van der Waals surface area contributed by atoms with Gasteiger partial charge in [-0.25, -0.2) is 9.55 Å². The lowest BCUT2D eigenvalue weighted by Crippen LogP contribution is -2.21. The highest BCUT2D eigenvalue weighted by molar-refractivity contribution is 7.98. The number of rotatable bonds is 2. The van der Waals surface area contributed by atoms with Crippen molar-refractivity contribution in [3.8, 4) is 5.95 Å². The molecular weight excluding hydrogens is 316 g/mol. The zero-order chi connectivity index (χ0) is 16.1. The van der Waals surface area contributed by atoms with Gasteiger partial charge in [0.15, 0.2) is 0 Å². The van der Waals surface area contributed by atoms with Crippen LogP contribution in [0.2, 0.25) is 0 Å². The molecule has 23 heavy (non-hydrogen) atoms. The molecule has 0 aliphatic carbocycles. The zero-order valence-corrected chi connectivity index (χ0v) is 13.4. The molecule has 0 fully saturated rings. The first kappa shape index (κ1) is 13.9. The fraction of sp³-hybridized carbons (Fsp3) is 0.231. The molecule has 0 saturated heterocycles. The van der Waals surface area contributed by atoms with Gasteiger partial charge in [0, 0.05) is 6.20 Å². The molecule has 0 aliphatic rings. The third-order valence-electron chi connectivity index (χ3n) is 3.48. The third-order valence-corrected chi connectivity index (χ3v) is 4.02. The van der Waals surface area contributed by atoms with Gasteiger partial charge in [0.1, 0.15) is 5.82 Å². The van der Waals surface area contributed by atoms with Gasteiger partial charge in [0.25, 0.3) is 17.3 Å². The van der Waals surface area contributed by atoms with Crippen LogP contribution in [0.25, 0.3) is 22.6 Å². The molecule has 4 heterocycles. The van der Waals surface area contributed by atoms with Crippen LogP contribution in [0.4, 0.5) is 0 Å². The van der Waals surface area contributed by atoms with Crippen LogP contribution >= 0.6 is 11.8 Å². The van der Waals surface area contributed by atoms with Gasteiger partial charge in [-0.2, -0.15) is 14.5 Å². The minimum Gasteiger partial charge on any atom is -0.268 e. The largest absolute Gasteiger partial charge is 0.268 e. The van der Waals surface area contributed by atoms with Crippen molar-refractivity contribution >= 4 is 28.4 Å². The van der Waals surface area contributed by atoms with E-state index in [4.69, 9.17) is 0 Å². The van der Waals surface area contributed by atoms with Crippen molar-refractivity contribution in [2.24, 2.45) is 0 Å². The first-order valence-corrected chi connectivity index (χ1v) is 8.03. The first-order chi connectivity index (χ1) is 11.1. The number of aromatic nitrogens is 8. The summed E-state index contributed by atoms with van der Waals surface area (Å²) in [5.41, 5.74) is 1.02. The van der Waals surface area contributed by atoms with Gasteiger partial charge >= 0.3 is 0 Å². The summed E-state index contributed by atoms with van der Waals surface area (Å²) in [4.78, 5) is 25.7. The van der Waals surface area contributed by atoms with E-state index >= 15 is 0 Å². The van der Waals surface area contributed by atoms with Gasteiger partial charge in [-0.3, -0.25) is 9.89 Å². The van der Waals surface area contributed by atoms with E-state index in [0.29, 0.717) is 39.3 Å². The Kier molecular flexibility index (Phi) is 2.94. The lowest BCUT2D eigenvalue weighted by molar-refractivity contribution is 0.880. The molecular formula is C13H12N8OS. The van der Waals surface area contributed by atoms with Crippen molar-refractivity contribution in [1.82, 2.24) is 39.3 Å². The maximum absolute atomic E-state index is 12.8. The molecule has 9 nitrogen and oxygen atoms in total. The average Bonchev–Trinajstić information content (AvgIpc) is 3.13. The summed E-state index contributed by atoms with van der Waals surface area (Å²) >= 11 is 1.43. The summed E-state index contributed by atoms with van der Waals surface area (Å²) in [6.07, 6.45) is 3.52. The van der Waals surface area contributed by atoms with Crippen LogP contribution in [0, 0.1) is 13.8 Å². The molecule has 0 unspecified atom stereocenters. The van der Waals surface area contributed by atoms with Crippen molar-refractivity contribution in [3.63, 3.8) is 0 Å². The Morgan fingerprint density at radius 2 is 2.04 bits per heavy atom. The summed E-state index contributed by atoms with van der Waals surface area (Å²) in [5, 5.41) is 12.2. The first-order valence-electron chi connectivity index (χ1n) is 6.80. The predicted octanol–water partition coefficient (Wildman–Crippen LogP) is 0.885. The Balaban J connectivity index is 2.09. The predicted molar refractivity (Wildman–Crippen MR) is 85.1 cm³/mol. The highest BCUT2D eigenvalue weighted by atomic mass is 32.2. The SMILES string of the molecule is CSc1nc2nc(C)c3c(=O)n(-c4n[nH]c(C)n4)ccc3n2n1. The molecule has 0 aromatic carbocycles. The van der Waals surface area contributed by atoms with Crippen molar-refractivity contribution in [2.75, 3.05) is 6.26 Å². The minimum atomic E-state index is -0.241. The van der Waals surface area contributed by atoms with E-state index in [1.165, 1.54) is 16.3 Å². The van der Waals surface area contributed by atoms with Gasteiger partial charge < -0.3 is 0 Å². The second-order valence-electron chi connectivity index (χ2n) is 4.98. The molecule has 0 bridgehead atoms. The summed E-state index contributed by atoms with van der Waals surface area (Å²) in [7, 11) is 0. The van der Waals surface area contributed by atoms with Crippen LogP contribution in [0.3, 0.4) is 0 Å². The molecule has 4 aromatic rings. The summed E-state index contributed by atoms with van der Waals surface area (Å²) in [5.74, 6) is 1.42. The van der Waals surface area contributed by atoms with E-state index in [0.717, 1.165) is 0 Å². The third kappa shape index (κ3) is 2.02. The van der Waals surface area contributed by atoms with Crippen molar-refractivity contribution in [1.29, 1.82) is 0 Å². The number of nitrogens with one attached hydrogen (secondary N) is 1. The maximum Gasteiger partial charge on any atom is 0.268 e. The summed E-state index contributed by atoms with van der Waals surface area (Å²) in [6.45, 7) is 3.56. The van der Waals surface area contributed by atoms with Crippen molar-refractivity contribution in [3.05, 3.63) is 34.1 Å². The maximum atomic E-state index is 12.8. The molecule has 1 N–H and O–H groups in total. The molecule has 4 aromatic heterocycles. The van der Waals surface area contributed by atoms with E-state index in [1.54, 1.807) is 30.6 Å². The van der Waals surface area contributed by atoms with Gasteiger partial charge in [-0.05, 0) is 26.2 Å². The average molecular weight is 328 g/mol. The summed E-state index contributed by atoms with van der Waals surface area (Å²) < 4.78 is 2.97. The van der Waals surface area contributed by atoms with Gasteiger partial charge in [-0.15, -0.1) is 10.2 Å². The summed E-state index contributed by atoms with van der Waals surface area (Å²) in [6, 6.07) is 1.79. The van der Waals surface area contributed by atoms with Crippen molar-refractivity contribution < 1.29 is 0 Å². The monoisotopic (exact) mass is 328 g/mol. The van der Waals surface area contributed by atoms with E-state index in [2.05, 4.69) is 30.2 Å². The Labute approximate surface area is 133 Å². The Morgan fingerprint density at radius 3 is 2.74 bits per heavy atom. The van der Waals surface area contributed by atoms with Gasteiger partial charge in [0.2, 0.25) is 5.16 Å². The molecule has 116 valence electrons. The highest BCUT2D eigenvalue weighted by Crippen LogP contribution is 2.17. The number of H-pyrrole nitrogens is 1. The number of pyridine rings is 1. The van der Waals surface area contributed by atoms with Crippen LogP contribution in [0.1, 0.15) is 11.5 Å². The molecule has 0 radical (unpaired) electrons. The molecule has 4 rings (SSSR count). The van der Waals surface area contributed by atoms with Gasteiger partial charge in [0.05, 0.1) is 16.6 Å². The number of aromatic amines is 1. The van der Waals surface area contributed by atoms with Gasteiger partial charge in [-0.1, -0.05) is 11.8 Å². The quantitative estimate of drug-likeness (QED) is 0.544. The minimum absolute atomic E-state index is 0.241. The molecule has 10 heteroatoms. The fourth-order valence-electron chi connectivity index (χ4n) is 2.45. The number of hydrogen-bond donors (Lipinski definition) is 1. The normalized spacial score (nSPS) is 11.6. The van der Waals surface area contributed by atoms with E-state index < -0.39 is 0 Å². The second kappa shape index (κ2) is 4.88. The fourth-order valence-corrected chi connectivity index (χ4v) is 2.79.